The standard InChI is InChI=1S/C11H16O2S/c1-4-5-10(7-6-9(2)3)14-8-11(12)13/h5,9H,4,8H2,1-3H3,(H,12,13). The summed E-state index contributed by atoms with van der Waals surface area (Å²) >= 11 is 1.28. The zero-order valence-corrected chi connectivity index (χ0v) is 9.65. The lowest BCUT2D eigenvalue weighted by Crippen LogP contribution is -1.97. The molecular formula is C11H16O2S. The summed E-state index contributed by atoms with van der Waals surface area (Å²) in [4.78, 5) is 11.2. The van der Waals surface area contributed by atoms with E-state index in [1.165, 1.54) is 11.8 Å². The van der Waals surface area contributed by atoms with Crippen LogP contribution in [0, 0.1) is 17.8 Å². The lowest BCUT2D eigenvalue weighted by molar-refractivity contribution is -0.133. The molecule has 78 valence electrons. The highest BCUT2D eigenvalue weighted by atomic mass is 32.2. The first-order valence-electron chi connectivity index (χ1n) is 4.62. The quantitative estimate of drug-likeness (QED) is 0.728. The van der Waals surface area contributed by atoms with Gasteiger partial charge in [0.2, 0.25) is 0 Å². The van der Waals surface area contributed by atoms with Crippen molar-refractivity contribution in [3.8, 4) is 11.8 Å². The average molecular weight is 212 g/mol. The van der Waals surface area contributed by atoms with Gasteiger partial charge in [-0.15, -0.1) is 11.8 Å². The molecule has 14 heavy (non-hydrogen) atoms. The second kappa shape index (κ2) is 7.52. The van der Waals surface area contributed by atoms with Crippen molar-refractivity contribution in [3.63, 3.8) is 0 Å². The van der Waals surface area contributed by atoms with Gasteiger partial charge in [-0.05, 0) is 6.42 Å². The molecule has 0 aromatic rings. The molecule has 0 unspecified atom stereocenters. The SMILES string of the molecule is CCC=C(C#CC(C)C)SCC(=O)O. The topological polar surface area (TPSA) is 37.3 Å². The van der Waals surface area contributed by atoms with E-state index in [1.54, 1.807) is 0 Å². The first kappa shape index (κ1) is 13.1. The zero-order chi connectivity index (χ0) is 11.0. The van der Waals surface area contributed by atoms with Crippen LogP contribution in [0.5, 0.6) is 0 Å². The average Bonchev–Trinajstić information content (AvgIpc) is 2.09. The van der Waals surface area contributed by atoms with E-state index >= 15 is 0 Å². The summed E-state index contributed by atoms with van der Waals surface area (Å²) < 4.78 is 0. The number of hydrogen-bond acceptors (Lipinski definition) is 2. The second-order valence-electron chi connectivity index (χ2n) is 3.08. The van der Waals surface area contributed by atoms with Gasteiger partial charge in [0, 0.05) is 5.92 Å². The van der Waals surface area contributed by atoms with E-state index in [2.05, 4.69) is 11.8 Å². The van der Waals surface area contributed by atoms with E-state index in [0.29, 0.717) is 5.92 Å². The van der Waals surface area contributed by atoms with Gasteiger partial charge in [0.15, 0.2) is 0 Å². The van der Waals surface area contributed by atoms with Crippen molar-refractivity contribution in [1.82, 2.24) is 0 Å². The lowest BCUT2D eigenvalue weighted by Gasteiger charge is -1.96. The molecule has 1 N–H and O–H groups in total. The Morgan fingerprint density at radius 2 is 2.21 bits per heavy atom. The number of carboxylic acid groups (broad SMARTS) is 1. The maximum Gasteiger partial charge on any atom is 0.313 e. The minimum atomic E-state index is -0.802. The predicted molar refractivity (Wildman–Crippen MR) is 61.1 cm³/mol. The van der Waals surface area contributed by atoms with Gasteiger partial charge >= 0.3 is 5.97 Å². The maximum atomic E-state index is 10.3. The van der Waals surface area contributed by atoms with Crippen molar-refractivity contribution >= 4 is 17.7 Å². The number of carbonyl (C=O) groups is 1. The monoisotopic (exact) mass is 212 g/mol. The van der Waals surface area contributed by atoms with Gasteiger partial charge in [0.1, 0.15) is 0 Å². The number of rotatable bonds is 4. The molecule has 0 saturated carbocycles. The lowest BCUT2D eigenvalue weighted by atomic mass is 10.2. The van der Waals surface area contributed by atoms with Crippen LogP contribution in [0.3, 0.4) is 0 Å². The van der Waals surface area contributed by atoms with Gasteiger partial charge in [-0.2, -0.15) is 0 Å². The molecular weight excluding hydrogens is 196 g/mol. The summed E-state index contributed by atoms with van der Waals surface area (Å²) in [6.07, 6.45) is 2.84. The van der Waals surface area contributed by atoms with Crippen LogP contribution in [0.25, 0.3) is 0 Å². The van der Waals surface area contributed by atoms with Gasteiger partial charge in [-0.25, -0.2) is 0 Å². The summed E-state index contributed by atoms with van der Waals surface area (Å²) in [5, 5.41) is 8.51. The fourth-order valence-corrected chi connectivity index (χ4v) is 1.38. The van der Waals surface area contributed by atoms with E-state index in [4.69, 9.17) is 5.11 Å². The first-order valence-corrected chi connectivity index (χ1v) is 5.61. The Balaban J connectivity index is 4.26. The van der Waals surface area contributed by atoms with Gasteiger partial charge in [0.25, 0.3) is 0 Å². The van der Waals surface area contributed by atoms with Crippen molar-refractivity contribution < 1.29 is 9.90 Å². The van der Waals surface area contributed by atoms with Crippen LogP contribution in [0.1, 0.15) is 27.2 Å². The van der Waals surface area contributed by atoms with E-state index in [-0.39, 0.29) is 5.75 Å². The Morgan fingerprint density at radius 1 is 1.57 bits per heavy atom. The van der Waals surface area contributed by atoms with Crippen molar-refractivity contribution in [2.24, 2.45) is 5.92 Å². The number of aliphatic carboxylic acids is 1. The van der Waals surface area contributed by atoms with Crippen LogP contribution in [-0.4, -0.2) is 16.8 Å². The molecule has 0 aliphatic heterocycles. The highest BCUT2D eigenvalue weighted by Gasteiger charge is 1.99. The smallest absolute Gasteiger partial charge is 0.313 e. The number of hydrogen-bond donors (Lipinski definition) is 1. The molecule has 2 nitrogen and oxygen atoms in total. The van der Waals surface area contributed by atoms with Crippen LogP contribution in [-0.2, 0) is 4.79 Å². The van der Waals surface area contributed by atoms with Crippen molar-refractivity contribution in [1.29, 1.82) is 0 Å². The summed E-state index contributed by atoms with van der Waals surface area (Å²) in [6, 6.07) is 0. The molecule has 0 rings (SSSR count). The highest BCUT2D eigenvalue weighted by molar-refractivity contribution is 8.03. The molecule has 0 aromatic heterocycles. The number of carboxylic acids is 1. The van der Waals surface area contributed by atoms with E-state index in [0.717, 1.165) is 11.3 Å². The third kappa shape index (κ3) is 7.75. The molecule has 0 fully saturated rings. The first-order chi connectivity index (χ1) is 6.56. The molecule has 0 atom stereocenters. The Bertz CT molecular complexity index is 269. The minimum Gasteiger partial charge on any atom is -0.481 e. The largest absolute Gasteiger partial charge is 0.481 e. The second-order valence-corrected chi connectivity index (χ2v) is 4.10. The fourth-order valence-electron chi connectivity index (χ4n) is 0.686. The highest BCUT2D eigenvalue weighted by Crippen LogP contribution is 2.15. The summed E-state index contributed by atoms with van der Waals surface area (Å²) in [5.74, 6) is 5.61. The molecule has 0 heterocycles. The normalized spacial score (nSPS) is 11.0. The number of thioether (sulfide) groups is 1. The molecule has 0 amide bonds. The van der Waals surface area contributed by atoms with Gasteiger partial charge < -0.3 is 5.11 Å². The van der Waals surface area contributed by atoms with Gasteiger partial charge in [-0.1, -0.05) is 38.7 Å². The Hall–Kier alpha value is -0.880. The molecule has 0 bridgehead atoms. The van der Waals surface area contributed by atoms with Crippen molar-refractivity contribution in [2.75, 3.05) is 5.75 Å². The van der Waals surface area contributed by atoms with Gasteiger partial charge in [-0.3, -0.25) is 4.79 Å². The minimum absolute atomic E-state index is 0.0820. The Morgan fingerprint density at radius 3 is 2.64 bits per heavy atom. The van der Waals surface area contributed by atoms with Crippen LogP contribution in [0.4, 0.5) is 0 Å². The Labute approximate surface area is 89.8 Å². The summed E-state index contributed by atoms with van der Waals surface area (Å²) in [7, 11) is 0. The van der Waals surface area contributed by atoms with E-state index < -0.39 is 5.97 Å². The van der Waals surface area contributed by atoms with Gasteiger partial charge in [0.05, 0.1) is 10.7 Å². The van der Waals surface area contributed by atoms with E-state index in [9.17, 15) is 4.79 Å². The third-order valence-corrected chi connectivity index (χ3v) is 2.20. The molecule has 0 saturated heterocycles. The van der Waals surface area contributed by atoms with Crippen molar-refractivity contribution in [2.45, 2.75) is 27.2 Å². The molecule has 0 spiro atoms. The van der Waals surface area contributed by atoms with Crippen molar-refractivity contribution in [3.05, 3.63) is 11.0 Å². The van der Waals surface area contributed by atoms with Crippen LogP contribution < -0.4 is 0 Å². The Kier molecular flexibility index (Phi) is 7.04. The predicted octanol–water partition coefficient (Wildman–Crippen LogP) is 2.76. The zero-order valence-electron chi connectivity index (χ0n) is 8.83. The fraction of sp³-hybridized carbons (Fsp3) is 0.545. The molecule has 0 aliphatic rings. The molecule has 0 radical (unpaired) electrons. The van der Waals surface area contributed by atoms with E-state index in [1.807, 2.05) is 26.8 Å². The summed E-state index contributed by atoms with van der Waals surface area (Å²) in [6.45, 7) is 6.04. The maximum absolute atomic E-state index is 10.3. The number of allylic oxidation sites excluding steroid dienone is 2. The summed E-state index contributed by atoms with van der Waals surface area (Å²) in [5.41, 5.74) is 0. The molecule has 0 aromatic carbocycles. The molecule has 3 heteroatoms. The molecule has 0 aliphatic carbocycles. The van der Waals surface area contributed by atoms with Crippen LogP contribution in [0.2, 0.25) is 0 Å². The third-order valence-electron chi connectivity index (χ3n) is 1.22. The van der Waals surface area contributed by atoms with Crippen LogP contribution >= 0.6 is 11.8 Å². The van der Waals surface area contributed by atoms with Crippen LogP contribution in [0.15, 0.2) is 11.0 Å².